The molecular weight excluding hydrogens is 295 g/mol. The maximum Gasteiger partial charge on any atom is 0.243 e. The minimum atomic E-state index is -3.76. The smallest absolute Gasteiger partial charge is 0.243 e. The van der Waals surface area contributed by atoms with Crippen molar-refractivity contribution in [2.75, 3.05) is 12.8 Å². The number of nitrogens with two attached hydrogens (primary N) is 1. The van der Waals surface area contributed by atoms with E-state index in [-0.39, 0.29) is 28.4 Å². The highest BCUT2D eigenvalue weighted by atomic mass is 32.2. The van der Waals surface area contributed by atoms with Gasteiger partial charge in [0, 0.05) is 12.1 Å². The summed E-state index contributed by atoms with van der Waals surface area (Å²) >= 11 is 0. The van der Waals surface area contributed by atoms with Gasteiger partial charge in [-0.2, -0.15) is 4.31 Å². The third-order valence-electron chi connectivity index (χ3n) is 4.01. The molecule has 1 aromatic rings. The minimum absolute atomic E-state index is 0.0176. The lowest BCUT2D eigenvalue weighted by molar-refractivity contribution is 0.328. The van der Waals surface area contributed by atoms with Crippen molar-refractivity contribution in [2.24, 2.45) is 0 Å². The first kappa shape index (κ1) is 16.0. The van der Waals surface area contributed by atoms with Gasteiger partial charge >= 0.3 is 0 Å². The van der Waals surface area contributed by atoms with Crippen LogP contribution in [-0.4, -0.2) is 31.9 Å². The van der Waals surface area contributed by atoms with Gasteiger partial charge in [-0.25, -0.2) is 12.8 Å². The molecule has 118 valence electrons. The van der Waals surface area contributed by atoms with Crippen molar-refractivity contribution >= 4 is 15.7 Å². The molecule has 2 atom stereocenters. The number of ether oxygens (including phenoxy) is 1. The Bertz CT molecular complexity index is 610. The molecule has 0 saturated carbocycles. The molecule has 1 heterocycles. The third kappa shape index (κ3) is 2.72. The summed E-state index contributed by atoms with van der Waals surface area (Å²) in [5, 5.41) is 0. The molecule has 7 heteroatoms. The summed E-state index contributed by atoms with van der Waals surface area (Å²) in [5.41, 5.74) is 5.66. The molecule has 1 aliphatic rings. The van der Waals surface area contributed by atoms with Crippen molar-refractivity contribution in [3.63, 3.8) is 0 Å². The second-order valence-corrected chi connectivity index (χ2v) is 7.19. The van der Waals surface area contributed by atoms with Gasteiger partial charge in [0.2, 0.25) is 10.0 Å². The summed E-state index contributed by atoms with van der Waals surface area (Å²) in [4.78, 5) is -0.120. The van der Waals surface area contributed by atoms with Gasteiger partial charge in [-0.3, -0.25) is 0 Å². The Kier molecular flexibility index (Phi) is 4.43. The summed E-state index contributed by atoms with van der Waals surface area (Å²) in [6.45, 7) is 3.82. The molecule has 0 spiro atoms. The van der Waals surface area contributed by atoms with E-state index in [1.165, 1.54) is 17.5 Å². The van der Waals surface area contributed by atoms with Gasteiger partial charge in [-0.15, -0.1) is 0 Å². The predicted molar refractivity (Wildman–Crippen MR) is 79.2 cm³/mol. The van der Waals surface area contributed by atoms with Crippen LogP contribution in [0, 0.1) is 5.82 Å². The molecule has 2 N–H and O–H groups in total. The summed E-state index contributed by atoms with van der Waals surface area (Å²) < 4.78 is 45.8. The van der Waals surface area contributed by atoms with E-state index in [0.717, 1.165) is 25.3 Å². The van der Waals surface area contributed by atoms with Crippen LogP contribution in [-0.2, 0) is 10.0 Å². The zero-order chi connectivity index (χ0) is 15.8. The predicted octanol–water partition coefficient (Wildman–Crippen LogP) is 2.37. The van der Waals surface area contributed by atoms with Gasteiger partial charge in [0.15, 0.2) is 11.6 Å². The van der Waals surface area contributed by atoms with E-state index in [2.05, 4.69) is 0 Å². The van der Waals surface area contributed by atoms with E-state index in [9.17, 15) is 12.8 Å². The fourth-order valence-corrected chi connectivity index (χ4v) is 4.94. The molecule has 0 bridgehead atoms. The number of nitrogen functional groups attached to an aromatic ring is 1. The molecule has 0 aromatic heterocycles. The Morgan fingerprint density at radius 3 is 2.62 bits per heavy atom. The van der Waals surface area contributed by atoms with Gasteiger partial charge in [-0.05, 0) is 38.3 Å². The van der Waals surface area contributed by atoms with E-state index in [4.69, 9.17) is 10.5 Å². The minimum Gasteiger partial charge on any atom is -0.492 e. The van der Waals surface area contributed by atoms with Crippen molar-refractivity contribution in [1.29, 1.82) is 0 Å². The lowest BCUT2D eigenvalue weighted by atomic mass is 10.2. The van der Waals surface area contributed by atoms with Crippen LogP contribution in [0.15, 0.2) is 17.0 Å². The number of benzene rings is 1. The summed E-state index contributed by atoms with van der Waals surface area (Å²) in [7, 11) is -2.47. The number of halogens is 1. The van der Waals surface area contributed by atoms with Crippen molar-refractivity contribution in [1.82, 2.24) is 4.31 Å². The van der Waals surface area contributed by atoms with E-state index in [0.29, 0.717) is 0 Å². The molecule has 1 aromatic carbocycles. The van der Waals surface area contributed by atoms with Crippen molar-refractivity contribution in [3.05, 3.63) is 17.9 Å². The van der Waals surface area contributed by atoms with Crippen LogP contribution >= 0.6 is 0 Å². The quantitative estimate of drug-likeness (QED) is 0.866. The average molecular weight is 316 g/mol. The fraction of sp³-hybridized carbons (Fsp3) is 0.571. The van der Waals surface area contributed by atoms with Gasteiger partial charge < -0.3 is 10.5 Å². The second-order valence-electron chi connectivity index (χ2n) is 5.35. The second kappa shape index (κ2) is 5.81. The van der Waals surface area contributed by atoms with E-state index >= 15 is 0 Å². The van der Waals surface area contributed by atoms with Crippen LogP contribution in [0.1, 0.15) is 33.1 Å². The Morgan fingerprint density at radius 1 is 1.43 bits per heavy atom. The molecule has 21 heavy (non-hydrogen) atoms. The fourth-order valence-electron chi connectivity index (χ4n) is 2.94. The average Bonchev–Trinajstić information content (AvgIpc) is 2.80. The topological polar surface area (TPSA) is 72.6 Å². The summed E-state index contributed by atoms with van der Waals surface area (Å²) in [6, 6.07) is 2.10. The van der Waals surface area contributed by atoms with Crippen molar-refractivity contribution in [3.8, 4) is 5.75 Å². The highest BCUT2D eigenvalue weighted by molar-refractivity contribution is 7.89. The molecule has 5 nitrogen and oxygen atoms in total. The molecule has 1 aliphatic heterocycles. The summed E-state index contributed by atoms with van der Waals surface area (Å²) in [6.07, 6.45) is 2.37. The Labute approximate surface area is 124 Å². The zero-order valence-corrected chi connectivity index (χ0v) is 13.3. The number of nitrogens with zero attached hydrogens (tertiary/aromatic N) is 1. The van der Waals surface area contributed by atoms with Gasteiger partial charge in [0.05, 0.1) is 17.7 Å². The molecule has 0 aliphatic carbocycles. The maximum absolute atomic E-state index is 13.9. The SMILES string of the molecule is CCC1CCC(C)N1S(=O)(=O)c1cc(N)c(OC)c(F)c1. The largest absolute Gasteiger partial charge is 0.492 e. The van der Waals surface area contributed by atoms with Crippen LogP contribution in [0.4, 0.5) is 10.1 Å². The van der Waals surface area contributed by atoms with E-state index in [1.54, 1.807) is 0 Å². The number of rotatable bonds is 4. The third-order valence-corrected chi connectivity index (χ3v) is 6.05. The highest BCUT2D eigenvalue weighted by Gasteiger charge is 2.39. The van der Waals surface area contributed by atoms with Crippen LogP contribution in [0.3, 0.4) is 0 Å². The van der Waals surface area contributed by atoms with E-state index in [1.807, 2.05) is 13.8 Å². The molecule has 2 unspecified atom stereocenters. The Hall–Kier alpha value is -1.34. The lowest BCUT2D eigenvalue weighted by Gasteiger charge is -2.27. The number of hydrogen-bond donors (Lipinski definition) is 1. The monoisotopic (exact) mass is 316 g/mol. The van der Waals surface area contributed by atoms with Crippen LogP contribution in [0.25, 0.3) is 0 Å². The van der Waals surface area contributed by atoms with Crippen molar-refractivity contribution in [2.45, 2.75) is 50.1 Å². The van der Waals surface area contributed by atoms with Gasteiger partial charge in [-0.1, -0.05) is 6.92 Å². The molecule has 0 radical (unpaired) electrons. The maximum atomic E-state index is 13.9. The molecule has 1 fully saturated rings. The summed E-state index contributed by atoms with van der Waals surface area (Å²) in [5.74, 6) is -0.897. The van der Waals surface area contributed by atoms with Gasteiger partial charge in [0.1, 0.15) is 0 Å². The number of hydrogen-bond acceptors (Lipinski definition) is 4. The van der Waals surface area contributed by atoms with Crippen molar-refractivity contribution < 1.29 is 17.5 Å². The van der Waals surface area contributed by atoms with Gasteiger partial charge in [0.25, 0.3) is 0 Å². The number of methoxy groups -OCH3 is 1. The van der Waals surface area contributed by atoms with E-state index < -0.39 is 15.8 Å². The molecule has 0 amide bonds. The Balaban J connectivity index is 2.49. The number of sulfonamides is 1. The normalized spacial score (nSPS) is 23.4. The number of anilines is 1. The first-order valence-corrected chi connectivity index (χ1v) is 8.43. The lowest BCUT2D eigenvalue weighted by Crippen LogP contribution is -2.39. The molecule has 1 saturated heterocycles. The molecular formula is C14H21FN2O3S. The van der Waals surface area contributed by atoms with Crippen LogP contribution in [0.5, 0.6) is 5.75 Å². The first-order valence-electron chi connectivity index (χ1n) is 6.99. The standard InChI is InChI=1S/C14H21FN2O3S/c1-4-10-6-5-9(2)17(10)21(18,19)11-7-12(15)14(20-3)13(16)8-11/h7-10H,4-6,16H2,1-3H3. The van der Waals surface area contributed by atoms with Crippen LogP contribution < -0.4 is 10.5 Å². The Morgan fingerprint density at radius 2 is 2.10 bits per heavy atom. The zero-order valence-electron chi connectivity index (χ0n) is 12.5. The first-order chi connectivity index (χ1) is 9.82. The molecule has 2 rings (SSSR count). The highest BCUT2D eigenvalue weighted by Crippen LogP contribution is 2.35. The van der Waals surface area contributed by atoms with Crippen LogP contribution in [0.2, 0.25) is 0 Å².